The average Bonchev–Trinajstić information content (AvgIpc) is 2.99. The Morgan fingerprint density at radius 2 is 1.74 bits per heavy atom. The van der Waals surface area contributed by atoms with Gasteiger partial charge < -0.3 is 19.9 Å². The second-order valence-corrected chi connectivity index (χ2v) is 10.5. The Kier molecular flexibility index (Phi) is 9.98. The standard InChI is InChI=1S/C27H27FN2O5.C7H8O/c1-16-21(27(33)35-15-17-8-4-5-10-20(17)26(32)30(2)28)14-22-23(29-16)12-18(13-24(22)31)19-9-6-7-11-25(19)34-3;1-6-3-2-4-7(8)5-6/h4-11,18,29H,12-15H2,1-3H3;2-5,8H,1H3/t18-;/m1./s1. The molecular formula is C34H35FN2O6. The maximum atomic E-state index is 13.4. The van der Waals surface area contributed by atoms with E-state index >= 15 is 0 Å². The van der Waals surface area contributed by atoms with Gasteiger partial charge in [0, 0.05) is 53.9 Å². The number of rotatable bonds is 6. The lowest BCUT2D eigenvalue weighted by Crippen LogP contribution is -2.31. The number of aromatic hydroxyl groups is 1. The molecule has 3 aromatic carbocycles. The zero-order valence-corrected chi connectivity index (χ0v) is 24.6. The molecule has 2 N–H and O–H groups in total. The van der Waals surface area contributed by atoms with Crippen molar-refractivity contribution in [2.24, 2.45) is 0 Å². The van der Waals surface area contributed by atoms with Crippen LogP contribution in [0.1, 0.15) is 59.2 Å². The number of aryl methyl sites for hydroxylation is 1. The Balaban J connectivity index is 0.000000458. The molecule has 0 radical (unpaired) electrons. The maximum Gasteiger partial charge on any atom is 0.336 e. The number of ketones is 1. The minimum absolute atomic E-state index is 0.0145. The first-order valence-corrected chi connectivity index (χ1v) is 13.9. The highest BCUT2D eigenvalue weighted by Gasteiger charge is 2.34. The number of phenols is 1. The number of phenolic OH excluding ortho intramolecular Hbond substituents is 1. The van der Waals surface area contributed by atoms with E-state index in [1.165, 1.54) is 6.07 Å². The number of hydrogen-bond donors (Lipinski definition) is 2. The van der Waals surface area contributed by atoms with Crippen molar-refractivity contribution < 1.29 is 33.4 Å². The van der Waals surface area contributed by atoms with Crippen molar-refractivity contribution in [3.05, 3.63) is 118 Å². The van der Waals surface area contributed by atoms with Crippen LogP contribution in [0.15, 0.2) is 95.3 Å². The number of carbonyl (C=O) groups excluding carboxylic acids is 3. The maximum absolute atomic E-state index is 13.4. The molecule has 224 valence electrons. The van der Waals surface area contributed by atoms with E-state index in [-0.39, 0.29) is 35.4 Å². The zero-order chi connectivity index (χ0) is 31.1. The molecule has 1 amide bonds. The molecule has 8 nitrogen and oxygen atoms in total. The van der Waals surface area contributed by atoms with Gasteiger partial charge in [0.25, 0.3) is 5.91 Å². The van der Waals surface area contributed by atoms with Crippen LogP contribution in [0.5, 0.6) is 11.5 Å². The van der Waals surface area contributed by atoms with Crippen LogP contribution in [-0.2, 0) is 20.9 Å². The van der Waals surface area contributed by atoms with Gasteiger partial charge in [-0.1, -0.05) is 53.0 Å². The molecule has 9 heteroatoms. The highest BCUT2D eigenvalue weighted by Crippen LogP contribution is 2.41. The lowest BCUT2D eigenvalue weighted by Gasteiger charge is -2.32. The summed E-state index contributed by atoms with van der Waals surface area (Å²) in [6.07, 6.45) is 1.14. The third-order valence-corrected chi connectivity index (χ3v) is 7.44. The second kappa shape index (κ2) is 13.8. The van der Waals surface area contributed by atoms with Gasteiger partial charge in [-0.25, -0.2) is 4.79 Å². The summed E-state index contributed by atoms with van der Waals surface area (Å²) in [4.78, 5) is 38.0. The summed E-state index contributed by atoms with van der Waals surface area (Å²) in [7, 11) is 2.62. The van der Waals surface area contributed by atoms with E-state index in [2.05, 4.69) is 5.32 Å². The van der Waals surface area contributed by atoms with Crippen LogP contribution in [-0.4, -0.2) is 42.0 Å². The van der Waals surface area contributed by atoms with E-state index in [9.17, 15) is 18.9 Å². The van der Waals surface area contributed by atoms with Crippen LogP contribution < -0.4 is 10.1 Å². The minimum Gasteiger partial charge on any atom is -0.508 e. The average molecular weight is 587 g/mol. The number of hydrogen-bond acceptors (Lipinski definition) is 7. The number of dihydropyridines is 1. The van der Waals surface area contributed by atoms with Crippen molar-refractivity contribution >= 4 is 17.7 Å². The number of methoxy groups -OCH3 is 1. The summed E-state index contributed by atoms with van der Waals surface area (Å²) in [6.45, 7) is 3.52. The fourth-order valence-electron chi connectivity index (χ4n) is 5.23. The van der Waals surface area contributed by atoms with Crippen molar-refractivity contribution in [2.75, 3.05) is 14.2 Å². The Bertz CT molecular complexity index is 1580. The molecule has 0 unspecified atom stereocenters. The molecular weight excluding hydrogens is 551 g/mol. The Labute approximate surface area is 250 Å². The van der Waals surface area contributed by atoms with E-state index < -0.39 is 11.9 Å². The number of ether oxygens (including phenoxy) is 2. The Hall–Kier alpha value is -4.92. The number of carbonyl (C=O) groups is 3. The van der Waals surface area contributed by atoms with Crippen molar-refractivity contribution in [3.8, 4) is 11.5 Å². The smallest absolute Gasteiger partial charge is 0.336 e. The molecule has 0 bridgehead atoms. The number of nitrogens with zero attached hydrogens (tertiary/aromatic N) is 1. The zero-order valence-electron chi connectivity index (χ0n) is 24.6. The molecule has 0 saturated heterocycles. The number of para-hydroxylation sites is 1. The summed E-state index contributed by atoms with van der Waals surface area (Å²) < 4.78 is 24.3. The number of esters is 1. The topological polar surface area (TPSA) is 105 Å². The molecule has 43 heavy (non-hydrogen) atoms. The van der Waals surface area contributed by atoms with E-state index in [0.29, 0.717) is 41.0 Å². The predicted molar refractivity (Wildman–Crippen MR) is 160 cm³/mol. The fraction of sp³-hybridized carbons (Fsp3) is 0.265. The number of nitrogens with one attached hydrogen (secondary N) is 1. The molecule has 5 rings (SSSR count). The first-order valence-electron chi connectivity index (χ1n) is 13.9. The van der Waals surface area contributed by atoms with Gasteiger partial charge in [0.05, 0.1) is 12.7 Å². The first kappa shape index (κ1) is 31.0. The van der Waals surface area contributed by atoms with Gasteiger partial charge in [-0.3, -0.25) is 9.59 Å². The van der Waals surface area contributed by atoms with Gasteiger partial charge in [0.15, 0.2) is 5.78 Å². The highest BCUT2D eigenvalue weighted by atomic mass is 19.2. The number of benzene rings is 3. The number of allylic oxidation sites excluding steroid dienone is 3. The Morgan fingerprint density at radius 1 is 1.02 bits per heavy atom. The van der Waals surface area contributed by atoms with Gasteiger partial charge in [-0.15, -0.1) is 0 Å². The molecule has 1 atom stereocenters. The van der Waals surface area contributed by atoms with E-state index in [0.717, 1.165) is 29.6 Å². The van der Waals surface area contributed by atoms with E-state index in [1.807, 2.05) is 43.3 Å². The normalized spacial score (nSPS) is 15.9. The van der Waals surface area contributed by atoms with Gasteiger partial charge in [-0.2, -0.15) is 5.12 Å². The van der Waals surface area contributed by atoms with Crippen LogP contribution in [0, 0.1) is 6.92 Å². The lowest BCUT2D eigenvalue weighted by molar-refractivity contribution is -0.140. The lowest BCUT2D eigenvalue weighted by atomic mass is 9.78. The molecule has 0 aromatic heterocycles. The highest BCUT2D eigenvalue weighted by molar-refractivity contribution is 6.01. The first-order chi connectivity index (χ1) is 20.6. The predicted octanol–water partition coefficient (Wildman–Crippen LogP) is 6.06. The molecule has 1 aliphatic carbocycles. The molecule has 2 aliphatic rings. The summed E-state index contributed by atoms with van der Waals surface area (Å²) in [5, 5.41) is 12.0. The molecule has 1 aliphatic heterocycles. The van der Waals surface area contributed by atoms with Crippen LogP contribution in [0.4, 0.5) is 4.48 Å². The number of Topliss-reactive ketones (excluding diaryl/α,β-unsaturated/α-hetero) is 1. The summed E-state index contributed by atoms with van der Waals surface area (Å²) in [5.41, 5.74) is 4.96. The van der Waals surface area contributed by atoms with Gasteiger partial charge in [0.1, 0.15) is 18.1 Å². The monoisotopic (exact) mass is 586 g/mol. The number of halogens is 1. The summed E-state index contributed by atoms with van der Waals surface area (Å²) in [5.74, 6) is -0.358. The SMILES string of the molecule is COc1ccccc1[C@H]1CC(=O)C2=C(C1)NC(C)=C(C(=O)OCc1ccccc1C(=O)N(C)F)C2.Cc1cccc(O)c1. The van der Waals surface area contributed by atoms with Crippen molar-refractivity contribution in [1.29, 1.82) is 0 Å². The number of amides is 1. The van der Waals surface area contributed by atoms with Crippen molar-refractivity contribution in [2.45, 2.75) is 45.6 Å². The quantitative estimate of drug-likeness (QED) is 0.267. The molecule has 0 fully saturated rings. The van der Waals surface area contributed by atoms with E-state index in [1.54, 1.807) is 44.4 Å². The third kappa shape index (κ3) is 7.48. The Morgan fingerprint density at radius 3 is 2.42 bits per heavy atom. The van der Waals surface area contributed by atoms with Crippen LogP contribution in [0.25, 0.3) is 0 Å². The van der Waals surface area contributed by atoms with Crippen LogP contribution in [0.2, 0.25) is 0 Å². The largest absolute Gasteiger partial charge is 0.508 e. The molecule has 3 aromatic rings. The van der Waals surface area contributed by atoms with Crippen molar-refractivity contribution in [1.82, 2.24) is 10.4 Å². The second-order valence-electron chi connectivity index (χ2n) is 10.5. The van der Waals surface area contributed by atoms with Crippen molar-refractivity contribution in [3.63, 3.8) is 0 Å². The third-order valence-electron chi connectivity index (χ3n) is 7.44. The molecule has 0 saturated carbocycles. The van der Waals surface area contributed by atoms with Gasteiger partial charge in [0.2, 0.25) is 0 Å². The van der Waals surface area contributed by atoms with Gasteiger partial charge >= 0.3 is 5.97 Å². The van der Waals surface area contributed by atoms with Crippen LogP contribution >= 0.6 is 0 Å². The molecule has 1 heterocycles. The summed E-state index contributed by atoms with van der Waals surface area (Å²) >= 11 is 0. The van der Waals surface area contributed by atoms with Gasteiger partial charge in [-0.05, 0) is 55.7 Å². The van der Waals surface area contributed by atoms with E-state index in [4.69, 9.17) is 14.6 Å². The van der Waals surface area contributed by atoms with Crippen LogP contribution in [0.3, 0.4) is 0 Å². The summed E-state index contributed by atoms with van der Waals surface area (Å²) in [6, 6.07) is 21.2. The minimum atomic E-state index is -0.821. The fourth-order valence-corrected chi connectivity index (χ4v) is 5.23. The molecule has 0 spiro atoms.